The Morgan fingerprint density at radius 2 is 1.96 bits per heavy atom. The molecule has 0 fully saturated rings. The van der Waals surface area contributed by atoms with Crippen LogP contribution in [0.1, 0.15) is 54.3 Å². The van der Waals surface area contributed by atoms with Crippen LogP contribution in [0.25, 0.3) is 11.5 Å². The highest BCUT2D eigenvalue weighted by Gasteiger charge is 2.18. The Kier molecular flexibility index (Phi) is 4.28. The van der Waals surface area contributed by atoms with Gasteiger partial charge in [-0.15, -0.1) is 5.10 Å². The number of hydrogen-bond donors (Lipinski definition) is 1. The lowest BCUT2D eigenvalue weighted by molar-refractivity contribution is 0.101. The Balaban J connectivity index is 1.53. The molecular weight excluding hydrogens is 330 g/mol. The third kappa shape index (κ3) is 3.12. The first-order chi connectivity index (χ1) is 12.6. The van der Waals surface area contributed by atoms with Crippen LogP contribution >= 0.6 is 0 Å². The van der Waals surface area contributed by atoms with Crippen molar-refractivity contribution in [1.82, 2.24) is 20.0 Å². The summed E-state index contributed by atoms with van der Waals surface area (Å²) in [7, 11) is 0. The van der Waals surface area contributed by atoms with Crippen molar-refractivity contribution in [2.75, 3.05) is 5.32 Å². The monoisotopic (exact) mass is 351 g/mol. The summed E-state index contributed by atoms with van der Waals surface area (Å²) in [6.07, 6.45) is 6.27. The Labute approximate surface area is 151 Å². The number of hydrogen-bond acceptors (Lipinski definition) is 5. The zero-order chi connectivity index (χ0) is 18.1. The smallest absolute Gasteiger partial charge is 0.322 e. The molecule has 3 aromatic rings. The minimum absolute atomic E-state index is 0.0826. The van der Waals surface area contributed by atoms with Crippen molar-refractivity contribution in [3.63, 3.8) is 0 Å². The van der Waals surface area contributed by atoms with E-state index >= 15 is 0 Å². The van der Waals surface area contributed by atoms with Gasteiger partial charge in [0.1, 0.15) is 5.69 Å². The number of nitrogens with one attached hydrogen (secondary N) is 1. The van der Waals surface area contributed by atoms with Gasteiger partial charge in [-0.3, -0.25) is 14.8 Å². The zero-order valence-corrected chi connectivity index (χ0v) is 14.9. The van der Waals surface area contributed by atoms with E-state index < -0.39 is 0 Å². The third-order valence-electron chi connectivity index (χ3n) is 4.63. The van der Waals surface area contributed by atoms with E-state index in [1.165, 1.54) is 24.0 Å². The van der Waals surface area contributed by atoms with E-state index in [9.17, 15) is 4.79 Å². The van der Waals surface area contributed by atoms with Gasteiger partial charge >= 0.3 is 6.01 Å². The molecule has 134 valence electrons. The first-order valence-corrected chi connectivity index (χ1v) is 8.92. The summed E-state index contributed by atoms with van der Waals surface area (Å²) >= 11 is 0. The summed E-state index contributed by atoms with van der Waals surface area (Å²) in [4.78, 5) is 12.4. The highest BCUT2D eigenvalue weighted by atomic mass is 16.4. The fourth-order valence-corrected chi connectivity index (χ4v) is 3.32. The van der Waals surface area contributed by atoms with Gasteiger partial charge in [-0.25, -0.2) is 0 Å². The Hall–Kier alpha value is -2.96. The van der Waals surface area contributed by atoms with Crippen LogP contribution in [0.4, 0.5) is 6.01 Å². The van der Waals surface area contributed by atoms with E-state index in [2.05, 4.69) is 32.7 Å². The molecule has 1 aromatic carbocycles. The molecule has 26 heavy (non-hydrogen) atoms. The standard InChI is InChI=1S/C19H21N5O2/c1-12(2)24-16(9-10-20-24)17(25)21-19-23-22-18(26-19)15-8-7-13-5-3-4-6-14(13)11-15/h7-12H,3-6H2,1-2H3,(H,21,23,25). The molecule has 1 aliphatic carbocycles. The van der Waals surface area contributed by atoms with E-state index in [1.807, 2.05) is 19.9 Å². The summed E-state index contributed by atoms with van der Waals surface area (Å²) in [6.45, 7) is 3.93. The lowest BCUT2D eigenvalue weighted by Gasteiger charge is -2.15. The molecule has 7 heteroatoms. The van der Waals surface area contributed by atoms with Crippen molar-refractivity contribution in [3.05, 3.63) is 47.3 Å². The van der Waals surface area contributed by atoms with Crippen molar-refractivity contribution < 1.29 is 9.21 Å². The van der Waals surface area contributed by atoms with Gasteiger partial charge in [0.2, 0.25) is 5.89 Å². The second-order valence-electron chi connectivity index (χ2n) is 6.81. The van der Waals surface area contributed by atoms with Crippen LogP contribution in [-0.4, -0.2) is 25.9 Å². The zero-order valence-electron chi connectivity index (χ0n) is 14.9. The van der Waals surface area contributed by atoms with Crippen LogP contribution in [0.2, 0.25) is 0 Å². The van der Waals surface area contributed by atoms with Gasteiger partial charge in [-0.2, -0.15) is 5.10 Å². The van der Waals surface area contributed by atoms with Gasteiger partial charge in [-0.05, 0) is 68.9 Å². The number of carbonyl (C=O) groups excluding carboxylic acids is 1. The van der Waals surface area contributed by atoms with E-state index in [4.69, 9.17) is 4.42 Å². The van der Waals surface area contributed by atoms with Crippen LogP contribution in [0.15, 0.2) is 34.9 Å². The van der Waals surface area contributed by atoms with Crippen LogP contribution in [0, 0.1) is 0 Å². The second-order valence-corrected chi connectivity index (χ2v) is 6.81. The summed E-state index contributed by atoms with van der Waals surface area (Å²) < 4.78 is 7.29. The number of benzene rings is 1. The molecule has 0 bridgehead atoms. The largest absolute Gasteiger partial charge is 0.403 e. The van der Waals surface area contributed by atoms with Crippen molar-refractivity contribution in [2.24, 2.45) is 0 Å². The lowest BCUT2D eigenvalue weighted by atomic mass is 9.90. The number of fused-ring (bicyclic) bond motifs is 1. The normalized spacial score (nSPS) is 13.7. The molecule has 4 rings (SSSR count). The third-order valence-corrected chi connectivity index (χ3v) is 4.63. The molecule has 1 aliphatic rings. The number of nitrogens with zero attached hydrogens (tertiary/aromatic N) is 4. The molecule has 0 aliphatic heterocycles. The topological polar surface area (TPSA) is 85.8 Å². The molecule has 2 heterocycles. The summed E-state index contributed by atoms with van der Waals surface area (Å²) in [5.41, 5.74) is 4.08. The molecule has 7 nitrogen and oxygen atoms in total. The van der Waals surface area contributed by atoms with Crippen molar-refractivity contribution in [3.8, 4) is 11.5 Å². The molecule has 0 radical (unpaired) electrons. The maximum Gasteiger partial charge on any atom is 0.322 e. The number of carbonyl (C=O) groups is 1. The molecule has 0 unspecified atom stereocenters. The average molecular weight is 351 g/mol. The Morgan fingerprint density at radius 1 is 1.15 bits per heavy atom. The van der Waals surface area contributed by atoms with Crippen molar-refractivity contribution in [2.45, 2.75) is 45.6 Å². The second kappa shape index (κ2) is 6.74. The minimum atomic E-state index is -0.322. The number of aryl methyl sites for hydroxylation is 2. The van der Waals surface area contributed by atoms with E-state index in [1.54, 1.807) is 16.9 Å². The molecule has 1 N–H and O–H groups in total. The van der Waals surface area contributed by atoms with Crippen molar-refractivity contribution in [1.29, 1.82) is 0 Å². The number of rotatable bonds is 4. The number of amides is 1. The van der Waals surface area contributed by atoms with Crippen LogP contribution in [0.5, 0.6) is 0 Å². The molecule has 2 aromatic heterocycles. The maximum absolute atomic E-state index is 12.4. The van der Waals surface area contributed by atoms with Crippen molar-refractivity contribution >= 4 is 11.9 Å². The lowest BCUT2D eigenvalue weighted by Crippen LogP contribution is -2.19. The van der Waals surface area contributed by atoms with Crippen LogP contribution in [-0.2, 0) is 12.8 Å². The predicted octanol–water partition coefficient (Wildman–Crippen LogP) is 3.65. The van der Waals surface area contributed by atoms with Gasteiger partial charge in [-0.1, -0.05) is 11.2 Å². The summed E-state index contributed by atoms with van der Waals surface area (Å²) in [5, 5.41) is 14.8. The van der Waals surface area contributed by atoms with E-state index in [-0.39, 0.29) is 18.0 Å². The van der Waals surface area contributed by atoms with Gasteiger partial charge in [0.05, 0.1) is 0 Å². The first-order valence-electron chi connectivity index (χ1n) is 8.92. The molecule has 0 spiro atoms. The van der Waals surface area contributed by atoms with Gasteiger partial charge in [0.25, 0.3) is 5.91 Å². The summed E-state index contributed by atoms with van der Waals surface area (Å²) in [5.74, 6) is 0.0860. The quantitative estimate of drug-likeness (QED) is 0.775. The highest BCUT2D eigenvalue weighted by molar-refractivity contribution is 6.01. The average Bonchev–Trinajstić information content (AvgIpc) is 3.31. The SMILES string of the molecule is CC(C)n1nccc1C(=O)Nc1nnc(-c2ccc3c(c2)CCCC3)o1. The molecule has 0 atom stereocenters. The van der Waals surface area contributed by atoms with E-state index in [0.29, 0.717) is 11.6 Å². The first kappa shape index (κ1) is 16.5. The fraction of sp³-hybridized carbons (Fsp3) is 0.368. The molecule has 1 amide bonds. The van der Waals surface area contributed by atoms with Gasteiger partial charge in [0.15, 0.2) is 0 Å². The van der Waals surface area contributed by atoms with E-state index in [0.717, 1.165) is 18.4 Å². The van der Waals surface area contributed by atoms with Crippen LogP contribution < -0.4 is 5.32 Å². The fourth-order valence-electron chi connectivity index (χ4n) is 3.32. The van der Waals surface area contributed by atoms with Gasteiger partial charge < -0.3 is 4.42 Å². The van der Waals surface area contributed by atoms with Gasteiger partial charge in [0, 0.05) is 17.8 Å². The molecule has 0 saturated heterocycles. The predicted molar refractivity (Wildman–Crippen MR) is 96.9 cm³/mol. The maximum atomic E-state index is 12.4. The highest BCUT2D eigenvalue weighted by Crippen LogP contribution is 2.27. The summed E-state index contributed by atoms with van der Waals surface area (Å²) in [6, 6.07) is 8.07. The van der Waals surface area contributed by atoms with Crippen LogP contribution in [0.3, 0.4) is 0 Å². The Morgan fingerprint density at radius 3 is 2.77 bits per heavy atom. The molecule has 0 saturated carbocycles. The number of anilines is 1. The number of aromatic nitrogens is 4. The Bertz CT molecular complexity index is 941. The minimum Gasteiger partial charge on any atom is -0.403 e. The molecular formula is C19H21N5O2.